The molecule has 33 heavy (non-hydrogen) atoms. The standard InChI is InChI=1S/C20H19FN2O2S.C6H10O/c21-18-12-14(3-6-20(24)23-25)1-4-17(18)13-22-9-7-15-2-5-19-16(11-15)8-10-26-19;1-6(2)4-5-7-3/h1-6,8,10-12,22,25H,7,9,13H2,(H,23,24);4-5H,1H2,2-3H3/b6-3+;5-4-. The third-order valence-electron chi connectivity index (χ3n) is 4.53. The van der Waals surface area contributed by atoms with Gasteiger partial charge in [0.25, 0.3) is 5.91 Å². The summed E-state index contributed by atoms with van der Waals surface area (Å²) in [4.78, 5) is 10.9. The first-order chi connectivity index (χ1) is 15.9. The number of halogens is 1. The molecule has 1 heterocycles. The molecule has 0 aliphatic heterocycles. The molecule has 3 rings (SSSR count). The van der Waals surface area contributed by atoms with Gasteiger partial charge < -0.3 is 10.1 Å². The normalized spacial score (nSPS) is 10.9. The van der Waals surface area contributed by atoms with Crippen molar-refractivity contribution in [2.45, 2.75) is 19.9 Å². The number of benzene rings is 2. The van der Waals surface area contributed by atoms with Gasteiger partial charge in [0.2, 0.25) is 0 Å². The summed E-state index contributed by atoms with van der Waals surface area (Å²) in [5.41, 5.74) is 4.87. The van der Waals surface area contributed by atoms with Crippen molar-refractivity contribution in [2.75, 3.05) is 13.7 Å². The minimum absolute atomic E-state index is 0.330. The summed E-state index contributed by atoms with van der Waals surface area (Å²) < 4.78 is 20.0. The van der Waals surface area contributed by atoms with Gasteiger partial charge in [-0.1, -0.05) is 36.4 Å². The second-order valence-electron chi connectivity index (χ2n) is 7.26. The molecule has 0 radical (unpaired) electrons. The number of hydroxylamine groups is 1. The predicted molar refractivity (Wildman–Crippen MR) is 134 cm³/mol. The van der Waals surface area contributed by atoms with Crippen LogP contribution in [0.3, 0.4) is 0 Å². The molecule has 0 unspecified atom stereocenters. The maximum Gasteiger partial charge on any atom is 0.267 e. The summed E-state index contributed by atoms with van der Waals surface area (Å²) in [6, 6.07) is 13.4. The molecule has 7 heteroatoms. The average Bonchev–Trinajstić information content (AvgIpc) is 3.28. The van der Waals surface area contributed by atoms with Gasteiger partial charge in [0.1, 0.15) is 5.82 Å². The molecular formula is C26H29FN2O3S. The zero-order chi connectivity index (χ0) is 24.1. The highest BCUT2D eigenvalue weighted by atomic mass is 32.1. The lowest BCUT2D eigenvalue weighted by Crippen LogP contribution is -2.17. The van der Waals surface area contributed by atoms with Crippen molar-refractivity contribution < 1.29 is 19.1 Å². The van der Waals surface area contributed by atoms with Crippen molar-refractivity contribution in [3.8, 4) is 0 Å². The maximum absolute atomic E-state index is 14.1. The van der Waals surface area contributed by atoms with Crippen LogP contribution in [0.4, 0.5) is 4.39 Å². The Kier molecular flexibility index (Phi) is 11.0. The number of allylic oxidation sites excluding steroid dienone is 2. The first-order valence-electron chi connectivity index (χ1n) is 10.3. The van der Waals surface area contributed by atoms with Crippen molar-refractivity contribution in [2.24, 2.45) is 0 Å². The van der Waals surface area contributed by atoms with E-state index in [0.717, 1.165) is 24.6 Å². The lowest BCUT2D eigenvalue weighted by molar-refractivity contribution is -0.124. The van der Waals surface area contributed by atoms with Crippen LogP contribution in [-0.2, 0) is 22.5 Å². The van der Waals surface area contributed by atoms with Crippen molar-refractivity contribution in [3.05, 3.63) is 101 Å². The van der Waals surface area contributed by atoms with Crippen LogP contribution < -0.4 is 10.8 Å². The van der Waals surface area contributed by atoms with Gasteiger partial charge in [-0.25, -0.2) is 9.87 Å². The van der Waals surface area contributed by atoms with Gasteiger partial charge in [0, 0.05) is 22.9 Å². The fraction of sp³-hybridized carbons (Fsp3) is 0.192. The molecule has 0 bridgehead atoms. The number of nitrogens with one attached hydrogen (secondary N) is 2. The fourth-order valence-electron chi connectivity index (χ4n) is 2.83. The van der Waals surface area contributed by atoms with E-state index in [9.17, 15) is 9.18 Å². The molecule has 0 spiro atoms. The Bertz CT molecular complexity index is 1120. The molecule has 0 aliphatic carbocycles. The first-order valence-corrected chi connectivity index (χ1v) is 11.2. The molecule has 0 atom stereocenters. The minimum Gasteiger partial charge on any atom is -0.504 e. The van der Waals surface area contributed by atoms with Crippen molar-refractivity contribution in [1.82, 2.24) is 10.8 Å². The van der Waals surface area contributed by atoms with E-state index in [2.05, 4.69) is 46.3 Å². The van der Waals surface area contributed by atoms with E-state index >= 15 is 0 Å². The summed E-state index contributed by atoms with van der Waals surface area (Å²) in [6.07, 6.45) is 6.86. The molecule has 2 aromatic carbocycles. The second kappa shape index (κ2) is 14.0. The third-order valence-corrected chi connectivity index (χ3v) is 5.42. The monoisotopic (exact) mass is 468 g/mol. The Morgan fingerprint density at radius 1 is 1.21 bits per heavy atom. The molecule has 1 aromatic heterocycles. The highest BCUT2D eigenvalue weighted by Crippen LogP contribution is 2.21. The fourth-order valence-corrected chi connectivity index (χ4v) is 3.60. The molecule has 0 fully saturated rings. The molecule has 3 N–H and O–H groups in total. The van der Waals surface area contributed by atoms with Crippen LogP contribution in [-0.4, -0.2) is 24.8 Å². The zero-order valence-corrected chi connectivity index (χ0v) is 19.6. The van der Waals surface area contributed by atoms with E-state index in [-0.39, 0.29) is 5.82 Å². The third kappa shape index (κ3) is 9.41. The van der Waals surface area contributed by atoms with Gasteiger partial charge in [-0.05, 0) is 72.1 Å². The lowest BCUT2D eigenvalue weighted by Gasteiger charge is -2.07. The Labute approximate surface area is 197 Å². The summed E-state index contributed by atoms with van der Waals surface area (Å²) >= 11 is 1.73. The molecular weight excluding hydrogens is 439 g/mol. The van der Waals surface area contributed by atoms with Gasteiger partial charge in [-0.15, -0.1) is 11.3 Å². The van der Waals surface area contributed by atoms with Crippen LogP contribution in [0.25, 0.3) is 16.2 Å². The highest BCUT2D eigenvalue weighted by molar-refractivity contribution is 7.17. The van der Waals surface area contributed by atoms with Crippen LogP contribution in [0.5, 0.6) is 0 Å². The Hall–Kier alpha value is -3.26. The number of hydrogen-bond donors (Lipinski definition) is 3. The number of amides is 1. The molecule has 174 valence electrons. The smallest absolute Gasteiger partial charge is 0.267 e. The van der Waals surface area contributed by atoms with E-state index in [4.69, 9.17) is 5.21 Å². The Balaban J connectivity index is 0.000000479. The molecule has 0 aliphatic rings. The largest absolute Gasteiger partial charge is 0.504 e. The van der Waals surface area contributed by atoms with E-state index < -0.39 is 5.91 Å². The number of thiophene rings is 1. The number of ether oxygens (including phenoxy) is 1. The van der Waals surface area contributed by atoms with E-state index in [1.807, 2.05) is 6.92 Å². The minimum atomic E-state index is -0.656. The van der Waals surface area contributed by atoms with Crippen LogP contribution in [0.1, 0.15) is 23.6 Å². The summed E-state index contributed by atoms with van der Waals surface area (Å²) in [6.45, 7) is 6.73. The van der Waals surface area contributed by atoms with Crippen molar-refractivity contribution in [1.29, 1.82) is 0 Å². The zero-order valence-electron chi connectivity index (χ0n) is 18.8. The van der Waals surface area contributed by atoms with Gasteiger partial charge in [0.15, 0.2) is 0 Å². The molecule has 0 saturated carbocycles. The summed E-state index contributed by atoms with van der Waals surface area (Å²) in [5, 5.41) is 15.0. The lowest BCUT2D eigenvalue weighted by atomic mass is 10.1. The number of rotatable bonds is 9. The number of carbonyl (C=O) groups excluding carboxylic acids is 1. The van der Waals surface area contributed by atoms with E-state index in [1.165, 1.54) is 33.3 Å². The predicted octanol–water partition coefficient (Wildman–Crippen LogP) is 5.61. The number of hydrogen-bond acceptors (Lipinski definition) is 5. The molecule has 0 saturated heterocycles. The number of fused-ring (bicyclic) bond motifs is 1. The molecule has 1 amide bonds. The quantitative estimate of drug-likeness (QED) is 0.0953. The number of carbonyl (C=O) groups is 1. The van der Waals surface area contributed by atoms with Gasteiger partial charge in [-0.2, -0.15) is 0 Å². The van der Waals surface area contributed by atoms with Crippen molar-refractivity contribution in [3.63, 3.8) is 0 Å². The van der Waals surface area contributed by atoms with Gasteiger partial charge in [0.05, 0.1) is 13.4 Å². The molecule has 3 aromatic rings. The summed E-state index contributed by atoms with van der Waals surface area (Å²) in [7, 11) is 1.61. The maximum atomic E-state index is 14.1. The van der Waals surface area contributed by atoms with Gasteiger partial charge >= 0.3 is 0 Å². The second-order valence-corrected chi connectivity index (χ2v) is 8.21. The van der Waals surface area contributed by atoms with Crippen molar-refractivity contribution >= 4 is 33.4 Å². The van der Waals surface area contributed by atoms with Crippen LogP contribution in [0.15, 0.2) is 78.4 Å². The Morgan fingerprint density at radius 2 is 2.03 bits per heavy atom. The average molecular weight is 469 g/mol. The number of methoxy groups -OCH3 is 1. The molecule has 5 nitrogen and oxygen atoms in total. The van der Waals surface area contributed by atoms with E-state index in [0.29, 0.717) is 17.7 Å². The highest BCUT2D eigenvalue weighted by Gasteiger charge is 2.03. The first kappa shape index (κ1) is 26.0. The summed E-state index contributed by atoms with van der Waals surface area (Å²) in [5.74, 6) is -0.986. The Morgan fingerprint density at radius 3 is 2.70 bits per heavy atom. The van der Waals surface area contributed by atoms with E-state index in [1.54, 1.807) is 42.9 Å². The van der Waals surface area contributed by atoms with Crippen LogP contribution in [0, 0.1) is 5.82 Å². The topological polar surface area (TPSA) is 70.6 Å². The van der Waals surface area contributed by atoms with Gasteiger partial charge in [-0.3, -0.25) is 10.0 Å². The van der Waals surface area contributed by atoms with Crippen LogP contribution >= 0.6 is 11.3 Å². The SMILES string of the molecule is C=C(C)/C=C\OC.O=C(/C=C/c1ccc(CNCCc2ccc3sccc3c2)c(F)c1)NO. The van der Waals surface area contributed by atoms with Crippen LogP contribution in [0.2, 0.25) is 0 Å².